The highest BCUT2D eigenvalue weighted by atomic mass is 15.2. The number of aryl methyl sites for hydroxylation is 1. The highest BCUT2D eigenvalue weighted by molar-refractivity contribution is 5.07. The van der Waals surface area contributed by atoms with E-state index < -0.39 is 0 Å². The van der Waals surface area contributed by atoms with Crippen LogP contribution >= 0.6 is 0 Å². The topological polar surface area (TPSA) is 47.1 Å². The van der Waals surface area contributed by atoms with Crippen LogP contribution in [0.25, 0.3) is 0 Å². The maximum atomic E-state index is 6.05. The van der Waals surface area contributed by atoms with Crippen molar-refractivity contribution in [2.75, 3.05) is 13.1 Å². The molecule has 0 aliphatic carbocycles. The van der Waals surface area contributed by atoms with Crippen molar-refractivity contribution >= 4 is 0 Å². The maximum absolute atomic E-state index is 6.05. The van der Waals surface area contributed by atoms with E-state index in [0.717, 1.165) is 6.54 Å². The van der Waals surface area contributed by atoms with Crippen molar-refractivity contribution in [1.82, 2.24) is 14.5 Å². The third kappa shape index (κ3) is 2.59. The van der Waals surface area contributed by atoms with Gasteiger partial charge in [-0.2, -0.15) is 0 Å². The molecule has 2 heterocycles. The highest BCUT2D eigenvalue weighted by Crippen LogP contribution is 2.29. The standard InChI is InChI=1S/C14H26N4/c1-3-12-7-5-6-8-18(12)13(9-15)14-10-16-11-17(14)4-2/h10-13H,3-9,15H2,1-2H3. The zero-order valence-corrected chi connectivity index (χ0v) is 11.7. The van der Waals surface area contributed by atoms with Crippen LogP contribution in [0.3, 0.4) is 0 Å². The lowest BCUT2D eigenvalue weighted by atomic mass is 9.97. The summed E-state index contributed by atoms with van der Waals surface area (Å²) in [4.78, 5) is 6.89. The summed E-state index contributed by atoms with van der Waals surface area (Å²) in [6.07, 6.45) is 9.10. The Labute approximate surface area is 110 Å². The first-order valence-electron chi connectivity index (χ1n) is 7.27. The van der Waals surface area contributed by atoms with Crippen molar-refractivity contribution in [2.45, 2.75) is 58.2 Å². The van der Waals surface area contributed by atoms with E-state index in [1.807, 2.05) is 12.5 Å². The number of imidazole rings is 1. The van der Waals surface area contributed by atoms with Gasteiger partial charge in [-0.05, 0) is 32.7 Å². The molecule has 1 aromatic rings. The average Bonchev–Trinajstić information content (AvgIpc) is 2.88. The zero-order chi connectivity index (χ0) is 13.0. The van der Waals surface area contributed by atoms with Gasteiger partial charge in [0, 0.05) is 25.3 Å². The Morgan fingerprint density at radius 1 is 1.44 bits per heavy atom. The van der Waals surface area contributed by atoms with Crippen molar-refractivity contribution in [3.8, 4) is 0 Å². The quantitative estimate of drug-likeness (QED) is 0.871. The summed E-state index contributed by atoms with van der Waals surface area (Å²) in [5, 5.41) is 0. The normalized spacial score (nSPS) is 23.2. The van der Waals surface area contributed by atoms with Gasteiger partial charge in [-0.3, -0.25) is 4.90 Å². The van der Waals surface area contributed by atoms with Crippen LogP contribution in [0.2, 0.25) is 0 Å². The first kappa shape index (κ1) is 13.6. The molecule has 1 aliphatic heterocycles. The van der Waals surface area contributed by atoms with E-state index >= 15 is 0 Å². The van der Waals surface area contributed by atoms with Crippen molar-refractivity contribution in [3.05, 3.63) is 18.2 Å². The van der Waals surface area contributed by atoms with Gasteiger partial charge in [0.1, 0.15) is 0 Å². The third-order valence-electron chi connectivity index (χ3n) is 4.19. The smallest absolute Gasteiger partial charge is 0.0948 e. The van der Waals surface area contributed by atoms with E-state index in [1.165, 1.54) is 37.9 Å². The first-order chi connectivity index (χ1) is 8.81. The number of hydrogen-bond donors (Lipinski definition) is 1. The van der Waals surface area contributed by atoms with Crippen molar-refractivity contribution < 1.29 is 0 Å². The summed E-state index contributed by atoms with van der Waals surface area (Å²) in [6.45, 7) is 7.27. The molecule has 18 heavy (non-hydrogen) atoms. The fourth-order valence-corrected chi connectivity index (χ4v) is 3.17. The molecule has 1 aliphatic rings. The molecule has 0 radical (unpaired) electrons. The zero-order valence-electron chi connectivity index (χ0n) is 11.7. The molecule has 102 valence electrons. The van der Waals surface area contributed by atoms with Gasteiger partial charge in [-0.25, -0.2) is 4.98 Å². The third-order valence-corrected chi connectivity index (χ3v) is 4.19. The van der Waals surface area contributed by atoms with Gasteiger partial charge in [0.25, 0.3) is 0 Å². The van der Waals surface area contributed by atoms with Crippen LogP contribution in [0.15, 0.2) is 12.5 Å². The second-order valence-electron chi connectivity index (χ2n) is 5.15. The van der Waals surface area contributed by atoms with Crippen molar-refractivity contribution in [3.63, 3.8) is 0 Å². The Morgan fingerprint density at radius 2 is 2.28 bits per heavy atom. The Balaban J connectivity index is 2.21. The highest BCUT2D eigenvalue weighted by Gasteiger charge is 2.29. The number of nitrogens with two attached hydrogens (primary N) is 1. The summed E-state index contributed by atoms with van der Waals surface area (Å²) in [6, 6.07) is 1.02. The number of rotatable bonds is 5. The summed E-state index contributed by atoms with van der Waals surface area (Å²) in [7, 11) is 0. The molecule has 2 unspecified atom stereocenters. The lowest BCUT2D eigenvalue weighted by molar-refractivity contribution is 0.0909. The molecular weight excluding hydrogens is 224 g/mol. The predicted molar refractivity (Wildman–Crippen MR) is 74.3 cm³/mol. The fourth-order valence-electron chi connectivity index (χ4n) is 3.17. The molecule has 4 heteroatoms. The minimum Gasteiger partial charge on any atom is -0.333 e. The molecule has 2 atom stereocenters. The van der Waals surface area contributed by atoms with Gasteiger partial charge < -0.3 is 10.3 Å². The van der Waals surface area contributed by atoms with Gasteiger partial charge in [-0.1, -0.05) is 13.3 Å². The van der Waals surface area contributed by atoms with Gasteiger partial charge in [0.05, 0.1) is 18.1 Å². The molecule has 1 fully saturated rings. The number of likely N-dealkylation sites (tertiary alicyclic amines) is 1. The van der Waals surface area contributed by atoms with Crippen molar-refractivity contribution in [1.29, 1.82) is 0 Å². The van der Waals surface area contributed by atoms with Gasteiger partial charge >= 0.3 is 0 Å². The molecule has 1 aromatic heterocycles. The van der Waals surface area contributed by atoms with Crippen LogP contribution in [-0.4, -0.2) is 33.6 Å². The van der Waals surface area contributed by atoms with E-state index in [-0.39, 0.29) is 0 Å². The molecule has 0 amide bonds. The van der Waals surface area contributed by atoms with Crippen LogP contribution in [0.4, 0.5) is 0 Å². The molecule has 0 spiro atoms. The number of piperidine rings is 1. The SMILES string of the molecule is CCC1CCCCN1C(CN)c1cncn1CC. The second kappa shape index (κ2) is 6.34. The Morgan fingerprint density at radius 3 is 2.94 bits per heavy atom. The molecular formula is C14H26N4. The van der Waals surface area contributed by atoms with Crippen LogP contribution < -0.4 is 5.73 Å². The number of aromatic nitrogens is 2. The van der Waals surface area contributed by atoms with Crippen LogP contribution in [-0.2, 0) is 6.54 Å². The molecule has 4 nitrogen and oxygen atoms in total. The van der Waals surface area contributed by atoms with Crippen LogP contribution in [0, 0.1) is 0 Å². The summed E-state index contributed by atoms with van der Waals surface area (Å²) in [5.74, 6) is 0. The Kier molecular flexibility index (Phi) is 4.78. The van der Waals surface area contributed by atoms with E-state index in [9.17, 15) is 0 Å². The molecule has 1 saturated heterocycles. The monoisotopic (exact) mass is 250 g/mol. The molecule has 0 aromatic carbocycles. The summed E-state index contributed by atoms with van der Waals surface area (Å²) >= 11 is 0. The largest absolute Gasteiger partial charge is 0.333 e. The molecule has 2 N–H and O–H groups in total. The minimum atomic E-state index is 0.331. The van der Waals surface area contributed by atoms with Crippen LogP contribution in [0.5, 0.6) is 0 Å². The van der Waals surface area contributed by atoms with E-state index in [0.29, 0.717) is 18.6 Å². The van der Waals surface area contributed by atoms with Crippen molar-refractivity contribution in [2.24, 2.45) is 5.73 Å². The molecule has 2 rings (SSSR count). The van der Waals surface area contributed by atoms with Gasteiger partial charge in [-0.15, -0.1) is 0 Å². The second-order valence-corrected chi connectivity index (χ2v) is 5.15. The molecule has 0 saturated carbocycles. The maximum Gasteiger partial charge on any atom is 0.0948 e. The van der Waals surface area contributed by atoms with Crippen LogP contribution in [0.1, 0.15) is 51.3 Å². The van der Waals surface area contributed by atoms with Gasteiger partial charge in [0.15, 0.2) is 0 Å². The molecule has 0 bridgehead atoms. The minimum absolute atomic E-state index is 0.331. The number of nitrogens with zero attached hydrogens (tertiary/aromatic N) is 3. The lowest BCUT2D eigenvalue weighted by Crippen LogP contribution is -2.44. The van der Waals surface area contributed by atoms with Gasteiger partial charge in [0.2, 0.25) is 0 Å². The number of hydrogen-bond acceptors (Lipinski definition) is 3. The Hall–Kier alpha value is -0.870. The summed E-state index contributed by atoms with van der Waals surface area (Å²) in [5.41, 5.74) is 7.33. The lowest BCUT2D eigenvalue weighted by Gasteiger charge is -2.40. The summed E-state index contributed by atoms with van der Waals surface area (Å²) < 4.78 is 2.22. The average molecular weight is 250 g/mol. The van der Waals surface area contributed by atoms with E-state index in [4.69, 9.17) is 5.73 Å². The van der Waals surface area contributed by atoms with E-state index in [1.54, 1.807) is 0 Å². The Bertz CT molecular complexity index is 360. The fraction of sp³-hybridized carbons (Fsp3) is 0.786. The first-order valence-corrected chi connectivity index (χ1v) is 7.27. The van der Waals surface area contributed by atoms with E-state index in [2.05, 4.69) is 28.3 Å². The predicted octanol–water partition coefficient (Wildman–Crippen LogP) is 2.17.